The molecule has 1 aromatic rings. The summed E-state index contributed by atoms with van der Waals surface area (Å²) >= 11 is 0. The summed E-state index contributed by atoms with van der Waals surface area (Å²) in [6.07, 6.45) is 0.708. The second-order valence-electron chi connectivity index (χ2n) is 4.18. The summed E-state index contributed by atoms with van der Waals surface area (Å²) in [5.41, 5.74) is 0.337. The Hall–Kier alpha value is -1.40. The van der Waals surface area contributed by atoms with Crippen LogP contribution in [0.1, 0.15) is 37.6 Å². The maximum absolute atomic E-state index is 12.0. The number of hydrogen-bond acceptors (Lipinski definition) is 4. The molecule has 0 fully saturated rings. The molecule has 19 heavy (non-hydrogen) atoms. The first-order valence-electron chi connectivity index (χ1n) is 6.20. The number of carbonyl (C=O) groups excluding carboxylic acids is 1. The van der Waals surface area contributed by atoms with Gasteiger partial charge in [-0.1, -0.05) is 6.92 Å². The van der Waals surface area contributed by atoms with Crippen LogP contribution in [-0.2, 0) is 14.8 Å². The average Bonchev–Trinajstić information content (AvgIpc) is 2.38. The van der Waals surface area contributed by atoms with Crippen molar-refractivity contribution in [3.05, 3.63) is 29.8 Å². The fraction of sp³-hybridized carbons (Fsp3) is 0.462. The summed E-state index contributed by atoms with van der Waals surface area (Å²) in [6.45, 7) is 5.70. The van der Waals surface area contributed by atoms with Crippen LogP contribution >= 0.6 is 0 Å². The Balaban J connectivity index is 2.89. The van der Waals surface area contributed by atoms with Gasteiger partial charge in [0.2, 0.25) is 10.0 Å². The fourth-order valence-electron chi connectivity index (χ4n) is 1.40. The molecule has 0 saturated carbocycles. The molecular weight excluding hydrogens is 266 g/mol. The monoisotopic (exact) mass is 285 g/mol. The summed E-state index contributed by atoms with van der Waals surface area (Å²) in [6, 6.07) is 5.56. The highest BCUT2D eigenvalue weighted by molar-refractivity contribution is 7.89. The average molecular weight is 285 g/mol. The van der Waals surface area contributed by atoms with Gasteiger partial charge in [0.05, 0.1) is 17.1 Å². The van der Waals surface area contributed by atoms with Crippen LogP contribution in [0, 0.1) is 0 Å². The smallest absolute Gasteiger partial charge is 0.338 e. The standard InChI is InChI=1S/C13H19NO4S/c1-4-10(3)14-19(16,17)12-8-6-11(7-9-12)13(15)18-5-2/h6-10,14H,4-5H2,1-3H3/t10-/m0/s1. The Morgan fingerprint density at radius 1 is 1.26 bits per heavy atom. The van der Waals surface area contributed by atoms with Gasteiger partial charge in [-0.3, -0.25) is 0 Å². The third kappa shape index (κ3) is 4.33. The van der Waals surface area contributed by atoms with Gasteiger partial charge >= 0.3 is 5.97 Å². The van der Waals surface area contributed by atoms with E-state index in [2.05, 4.69) is 4.72 Å². The van der Waals surface area contributed by atoms with Gasteiger partial charge in [-0.25, -0.2) is 17.9 Å². The zero-order valence-electron chi connectivity index (χ0n) is 11.3. The number of benzene rings is 1. The maximum Gasteiger partial charge on any atom is 0.338 e. The minimum absolute atomic E-state index is 0.130. The molecule has 0 spiro atoms. The normalized spacial score (nSPS) is 13.0. The van der Waals surface area contributed by atoms with E-state index in [-0.39, 0.29) is 17.5 Å². The van der Waals surface area contributed by atoms with Gasteiger partial charge in [0, 0.05) is 6.04 Å². The molecule has 0 amide bonds. The van der Waals surface area contributed by atoms with Crippen LogP contribution in [0.4, 0.5) is 0 Å². The number of carbonyl (C=O) groups is 1. The van der Waals surface area contributed by atoms with Crippen LogP contribution in [0.2, 0.25) is 0 Å². The first-order chi connectivity index (χ1) is 8.90. The molecule has 0 aliphatic rings. The van der Waals surface area contributed by atoms with E-state index in [4.69, 9.17) is 4.74 Å². The van der Waals surface area contributed by atoms with E-state index in [1.807, 2.05) is 6.92 Å². The summed E-state index contributed by atoms with van der Waals surface area (Å²) in [4.78, 5) is 11.6. The lowest BCUT2D eigenvalue weighted by Gasteiger charge is -2.12. The van der Waals surface area contributed by atoms with Crippen molar-refractivity contribution in [2.75, 3.05) is 6.61 Å². The summed E-state index contributed by atoms with van der Waals surface area (Å²) < 4.78 is 31.3. The predicted octanol–water partition coefficient (Wildman–Crippen LogP) is 1.94. The number of sulfonamides is 1. The molecule has 106 valence electrons. The van der Waals surface area contributed by atoms with E-state index >= 15 is 0 Å². The molecule has 0 heterocycles. The largest absolute Gasteiger partial charge is 0.462 e. The van der Waals surface area contributed by atoms with Crippen LogP contribution in [0.25, 0.3) is 0 Å². The first kappa shape index (κ1) is 15.7. The van der Waals surface area contributed by atoms with E-state index in [0.29, 0.717) is 12.0 Å². The van der Waals surface area contributed by atoms with Crippen molar-refractivity contribution in [3.8, 4) is 0 Å². The lowest BCUT2D eigenvalue weighted by atomic mass is 10.2. The molecule has 6 heteroatoms. The molecule has 0 unspecified atom stereocenters. The second-order valence-corrected chi connectivity index (χ2v) is 5.89. The lowest BCUT2D eigenvalue weighted by molar-refractivity contribution is 0.0526. The molecule has 0 saturated heterocycles. The van der Waals surface area contributed by atoms with E-state index in [9.17, 15) is 13.2 Å². The third-order valence-electron chi connectivity index (χ3n) is 2.64. The number of nitrogens with one attached hydrogen (secondary N) is 1. The van der Waals surface area contributed by atoms with Crippen LogP contribution in [-0.4, -0.2) is 27.0 Å². The van der Waals surface area contributed by atoms with Crippen molar-refractivity contribution in [1.82, 2.24) is 4.72 Å². The minimum atomic E-state index is -3.53. The molecule has 1 N–H and O–H groups in total. The molecule has 1 aromatic carbocycles. The molecule has 0 radical (unpaired) electrons. The topological polar surface area (TPSA) is 72.5 Å². The number of rotatable bonds is 6. The van der Waals surface area contributed by atoms with E-state index in [1.165, 1.54) is 24.3 Å². The highest BCUT2D eigenvalue weighted by atomic mass is 32.2. The Labute approximate surface area is 114 Å². The molecule has 5 nitrogen and oxygen atoms in total. The zero-order chi connectivity index (χ0) is 14.5. The van der Waals surface area contributed by atoms with Gasteiger partial charge in [-0.15, -0.1) is 0 Å². The second kappa shape index (κ2) is 6.68. The van der Waals surface area contributed by atoms with Crippen molar-refractivity contribution < 1.29 is 17.9 Å². The van der Waals surface area contributed by atoms with Crippen LogP contribution in [0.5, 0.6) is 0 Å². The van der Waals surface area contributed by atoms with E-state index in [0.717, 1.165) is 0 Å². The Kier molecular flexibility index (Phi) is 5.50. The van der Waals surface area contributed by atoms with Crippen molar-refractivity contribution in [2.24, 2.45) is 0 Å². The molecule has 0 aromatic heterocycles. The molecule has 0 aliphatic carbocycles. The lowest BCUT2D eigenvalue weighted by Crippen LogP contribution is -2.32. The van der Waals surface area contributed by atoms with Crippen LogP contribution in [0.3, 0.4) is 0 Å². The van der Waals surface area contributed by atoms with Gasteiger partial charge in [0.25, 0.3) is 0 Å². The number of ether oxygens (including phenoxy) is 1. The molecular formula is C13H19NO4S. The molecule has 0 aliphatic heterocycles. The maximum atomic E-state index is 12.0. The Bertz CT molecular complexity index is 522. The Morgan fingerprint density at radius 3 is 2.32 bits per heavy atom. The van der Waals surface area contributed by atoms with Crippen molar-refractivity contribution >= 4 is 16.0 Å². The van der Waals surface area contributed by atoms with Gasteiger partial charge in [-0.05, 0) is 44.5 Å². The van der Waals surface area contributed by atoms with Gasteiger partial charge in [-0.2, -0.15) is 0 Å². The first-order valence-corrected chi connectivity index (χ1v) is 7.68. The highest BCUT2D eigenvalue weighted by Gasteiger charge is 2.17. The highest BCUT2D eigenvalue weighted by Crippen LogP contribution is 2.12. The van der Waals surface area contributed by atoms with Crippen LogP contribution < -0.4 is 4.72 Å². The third-order valence-corrected chi connectivity index (χ3v) is 4.25. The minimum Gasteiger partial charge on any atom is -0.462 e. The van der Waals surface area contributed by atoms with Crippen molar-refractivity contribution in [1.29, 1.82) is 0 Å². The van der Waals surface area contributed by atoms with Crippen molar-refractivity contribution in [2.45, 2.75) is 38.1 Å². The van der Waals surface area contributed by atoms with Gasteiger partial charge < -0.3 is 4.74 Å². The van der Waals surface area contributed by atoms with Gasteiger partial charge in [0.15, 0.2) is 0 Å². The zero-order valence-corrected chi connectivity index (χ0v) is 12.2. The van der Waals surface area contributed by atoms with E-state index in [1.54, 1.807) is 13.8 Å². The fourth-order valence-corrected chi connectivity index (χ4v) is 2.73. The number of hydrogen-bond donors (Lipinski definition) is 1. The summed E-state index contributed by atoms with van der Waals surface area (Å²) in [5.74, 6) is -0.457. The molecule has 0 bridgehead atoms. The number of esters is 1. The van der Waals surface area contributed by atoms with E-state index < -0.39 is 16.0 Å². The van der Waals surface area contributed by atoms with Crippen molar-refractivity contribution in [3.63, 3.8) is 0 Å². The predicted molar refractivity (Wildman–Crippen MR) is 72.5 cm³/mol. The quantitative estimate of drug-likeness (QED) is 0.811. The SMILES string of the molecule is CCOC(=O)c1ccc(S(=O)(=O)N[C@@H](C)CC)cc1. The molecule has 1 atom stereocenters. The molecule has 1 rings (SSSR count). The van der Waals surface area contributed by atoms with Crippen LogP contribution in [0.15, 0.2) is 29.2 Å². The Morgan fingerprint density at radius 2 is 1.84 bits per heavy atom. The van der Waals surface area contributed by atoms with Gasteiger partial charge in [0.1, 0.15) is 0 Å². The summed E-state index contributed by atoms with van der Waals surface area (Å²) in [5, 5.41) is 0. The summed E-state index contributed by atoms with van der Waals surface area (Å²) in [7, 11) is -3.53.